The van der Waals surface area contributed by atoms with Crippen LogP contribution in [0.4, 0.5) is 0 Å². The van der Waals surface area contributed by atoms with Crippen LogP contribution in [-0.2, 0) is 0 Å². The molecule has 0 aromatic carbocycles. The van der Waals surface area contributed by atoms with E-state index in [1.54, 1.807) is 17.9 Å². The van der Waals surface area contributed by atoms with Crippen LogP contribution in [0, 0.1) is 19.8 Å². The fourth-order valence-electron chi connectivity index (χ4n) is 2.41. The fourth-order valence-corrected chi connectivity index (χ4v) is 2.41. The van der Waals surface area contributed by atoms with Crippen molar-refractivity contribution in [2.75, 3.05) is 19.7 Å². The first-order valence-corrected chi connectivity index (χ1v) is 6.24. The Morgan fingerprint density at radius 2 is 2.26 bits per heavy atom. The van der Waals surface area contributed by atoms with E-state index in [9.17, 15) is 4.79 Å². The van der Waals surface area contributed by atoms with Gasteiger partial charge in [-0.25, -0.2) is 4.98 Å². The largest absolute Gasteiger partial charge is 0.396 e. The monoisotopic (exact) mass is 261 g/mol. The van der Waals surface area contributed by atoms with Gasteiger partial charge in [0.2, 0.25) is 0 Å². The van der Waals surface area contributed by atoms with E-state index in [0.717, 1.165) is 5.69 Å². The smallest absolute Gasteiger partial charge is 0.258 e. The van der Waals surface area contributed by atoms with Crippen molar-refractivity contribution in [1.82, 2.24) is 15.0 Å². The summed E-state index contributed by atoms with van der Waals surface area (Å²) in [5.41, 5.74) is 2.38. The second-order valence-electron chi connectivity index (χ2n) is 5.02. The van der Waals surface area contributed by atoms with Crippen molar-refractivity contribution in [2.45, 2.75) is 13.8 Å². The number of fused-ring (bicyclic) bond motifs is 1. The molecule has 3 rings (SSSR count). The average Bonchev–Trinajstić information content (AvgIpc) is 2.68. The molecular formula is C13H15N3O3. The van der Waals surface area contributed by atoms with Gasteiger partial charge in [0.25, 0.3) is 11.6 Å². The fraction of sp³-hybridized carbons (Fsp3) is 0.462. The maximum atomic E-state index is 12.5. The molecule has 2 aromatic rings. The molecule has 19 heavy (non-hydrogen) atoms. The SMILES string of the molecule is Cc1cc(C(=O)N2CC(CO)C2)c2c(C)noc2n1. The van der Waals surface area contributed by atoms with Crippen LogP contribution in [0.25, 0.3) is 11.1 Å². The highest BCUT2D eigenvalue weighted by Crippen LogP contribution is 2.25. The number of hydrogen-bond acceptors (Lipinski definition) is 5. The normalized spacial score (nSPS) is 15.8. The lowest BCUT2D eigenvalue weighted by Gasteiger charge is -2.38. The van der Waals surface area contributed by atoms with Gasteiger partial charge < -0.3 is 14.5 Å². The Morgan fingerprint density at radius 3 is 2.95 bits per heavy atom. The molecule has 3 heterocycles. The molecule has 1 saturated heterocycles. The van der Waals surface area contributed by atoms with Gasteiger partial charge in [-0.2, -0.15) is 0 Å². The Balaban J connectivity index is 2.00. The lowest BCUT2D eigenvalue weighted by Crippen LogP contribution is -2.51. The summed E-state index contributed by atoms with van der Waals surface area (Å²) in [5.74, 6) is 0.150. The van der Waals surface area contributed by atoms with E-state index in [1.165, 1.54) is 0 Å². The summed E-state index contributed by atoms with van der Waals surface area (Å²) in [6.07, 6.45) is 0. The minimum Gasteiger partial charge on any atom is -0.396 e. The van der Waals surface area contributed by atoms with Crippen molar-refractivity contribution in [2.24, 2.45) is 5.92 Å². The molecule has 0 radical (unpaired) electrons. The number of pyridine rings is 1. The Kier molecular flexibility index (Phi) is 2.74. The summed E-state index contributed by atoms with van der Waals surface area (Å²) in [7, 11) is 0. The van der Waals surface area contributed by atoms with Crippen molar-refractivity contribution < 1.29 is 14.4 Å². The van der Waals surface area contributed by atoms with Crippen molar-refractivity contribution >= 4 is 17.0 Å². The van der Waals surface area contributed by atoms with Gasteiger partial charge in [0.1, 0.15) is 0 Å². The second-order valence-corrected chi connectivity index (χ2v) is 5.02. The summed E-state index contributed by atoms with van der Waals surface area (Å²) in [6, 6.07) is 1.77. The van der Waals surface area contributed by atoms with E-state index < -0.39 is 0 Å². The minimum absolute atomic E-state index is 0.0495. The molecule has 0 saturated carbocycles. The van der Waals surface area contributed by atoms with Crippen molar-refractivity contribution in [1.29, 1.82) is 0 Å². The molecule has 1 aliphatic rings. The van der Waals surface area contributed by atoms with Crippen LogP contribution in [-0.4, -0.2) is 45.8 Å². The standard InChI is InChI=1S/C13H15N3O3/c1-7-3-10(11-8(2)15-19-12(11)14-7)13(18)16-4-9(5-16)6-17/h3,9,17H,4-6H2,1-2H3. The van der Waals surface area contributed by atoms with Crippen molar-refractivity contribution in [3.63, 3.8) is 0 Å². The number of nitrogens with zero attached hydrogens (tertiary/aromatic N) is 3. The van der Waals surface area contributed by atoms with Crippen molar-refractivity contribution in [3.8, 4) is 0 Å². The van der Waals surface area contributed by atoms with Gasteiger partial charge in [0.15, 0.2) is 0 Å². The van der Waals surface area contributed by atoms with Gasteiger partial charge in [-0.1, -0.05) is 5.16 Å². The van der Waals surface area contributed by atoms with Crippen LogP contribution < -0.4 is 0 Å². The van der Waals surface area contributed by atoms with E-state index in [2.05, 4.69) is 10.1 Å². The molecule has 1 aliphatic heterocycles. The summed E-state index contributed by atoms with van der Waals surface area (Å²) in [4.78, 5) is 18.4. The molecule has 6 nitrogen and oxygen atoms in total. The molecule has 2 aromatic heterocycles. The second kappa shape index (κ2) is 4.31. The molecule has 0 unspecified atom stereocenters. The van der Waals surface area contributed by atoms with Crippen LogP contribution in [0.5, 0.6) is 0 Å². The molecule has 0 spiro atoms. The van der Waals surface area contributed by atoms with E-state index >= 15 is 0 Å². The molecule has 0 atom stereocenters. The number of aryl methyl sites for hydroxylation is 2. The summed E-state index contributed by atoms with van der Waals surface area (Å²) in [6.45, 7) is 4.94. The Labute approximate surface area is 110 Å². The number of hydrogen-bond donors (Lipinski definition) is 1. The molecular weight excluding hydrogens is 246 g/mol. The number of carbonyl (C=O) groups is 1. The van der Waals surface area contributed by atoms with Crippen LogP contribution in [0.3, 0.4) is 0 Å². The number of carbonyl (C=O) groups excluding carboxylic acids is 1. The summed E-state index contributed by atoms with van der Waals surface area (Å²) >= 11 is 0. The Hall–Kier alpha value is -1.95. The zero-order valence-corrected chi connectivity index (χ0v) is 10.9. The molecule has 0 aliphatic carbocycles. The third-order valence-corrected chi connectivity index (χ3v) is 3.48. The molecule has 1 amide bonds. The molecule has 1 N–H and O–H groups in total. The van der Waals surface area contributed by atoms with E-state index in [1.807, 2.05) is 6.92 Å². The average molecular weight is 261 g/mol. The van der Waals surface area contributed by atoms with E-state index in [0.29, 0.717) is 35.4 Å². The van der Waals surface area contributed by atoms with Gasteiger partial charge in [-0.3, -0.25) is 4.79 Å². The first-order valence-electron chi connectivity index (χ1n) is 6.24. The Bertz CT molecular complexity index is 644. The van der Waals surface area contributed by atoms with E-state index in [-0.39, 0.29) is 18.4 Å². The first-order chi connectivity index (χ1) is 9.10. The number of rotatable bonds is 2. The highest BCUT2D eigenvalue weighted by atomic mass is 16.5. The quantitative estimate of drug-likeness (QED) is 0.869. The molecule has 0 bridgehead atoms. The van der Waals surface area contributed by atoms with Crippen LogP contribution in [0.15, 0.2) is 10.6 Å². The number of aliphatic hydroxyl groups is 1. The van der Waals surface area contributed by atoms with Gasteiger partial charge >= 0.3 is 0 Å². The number of likely N-dealkylation sites (tertiary alicyclic amines) is 1. The number of aliphatic hydroxyl groups excluding tert-OH is 1. The lowest BCUT2D eigenvalue weighted by molar-refractivity contribution is 0.0363. The number of amides is 1. The minimum atomic E-state index is -0.0495. The van der Waals surface area contributed by atoms with Gasteiger partial charge in [0, 0.05) is 31.3 Å². The van der Waals surface area contributed by atoms with Crippen LogP contribution in [0.1, 0.15) is 21.7 Å². The van der Waals surface area contributed by atoms with Crippen LogP contribution >= 0.6 is 0 Å². The zero-order chi connectivity index (χ0) is 13.6. The molecule has 1 fully saturated rings. The van der Waals surface area contributed by atoms with Gasteiger partial charge in [0.05, 0.1) is 16.6 Å². The van der Waals surface area contributed by atoms with Crippen molar-refractivity contribution in [3.05, 3.63) is 23.0 Å². The third-order valence-electron chi connectivity index (χ3n) is 3.48. The van der Waals surface area contributed by atoms with Crippen LogP contribution in [0.2, 0.25) is 0 Å². The first kappa shape index (κ1) is 12.1. The Morgan fingerprint density at radius 1 is 1.53 bits per heavy atom. The van der Waals surface area contributed by atoms with E-state index in [4.69, 9.17) is 9.63 Å². The third kappa shape index (κ3) is 1.88. The van der Waals surface area contributed by atoms with Gasteiger partial charge in [-0.15, -0.1) is 0 Å². The number of aromatic nitrogens is 2. The topological polar surface area (TPSA) is 79.5 Å². The lowest BCUT2D eigenvalue weighted by atomic mass is 9.99. The van der Waals surface area contributed by atoms with Gasteiger partial charge in [-0.05, 0) is 19.9 Å². The summed E-state index contributed by atoms with van der Waals surface area (Å²) < 4.78 is 5.12. The molecule has 100 valence electrons. The zero-order valence-electron chi connectivity index (χ0n) is 10.9. The molecule has 6 heteroatoms. The highest BCUT2D eigenvalue weighted by Gasteiger charge is 2.32. The maximum Gasteiger partial charge on any atom is 0.258 e. The predicted octanol–water partition coefficient (Wildman–Crippen LogP) is 0.904. The summed E-state index contributed by atoms with van der Waals surface area (Å²) in [5, 5.41) is 13.6. The predicted molar refractivity (Wildman–Crippen MR) is 67.8 cm³/mol. The maximum absolute atomic E-state index is 12.5. The highest BCUT2D eigenvalue weighted by molar-refractivity contribution is 6.06.